The standard InChI is InChI=1S/C22H26O6/c1-3-5-20(28-22(26)17-8-12-19(24)13-9-17)15(4-2)14-27-21(25)16-6-10-18(23)11-7-16/h6-13,15,20,23-24H,3-5,14H2,1-2H3/t15-,20-/m1/s1. The summed E-state index contributed by atoms with van der Waals surface area (Å²) in [4.78, 5) is 24.6. The molecule has 0 bridgehead atoms. The van der Waals surface area contributed by atoms with Crippen LogP contribution in [0.3, 0.4) is 0 Å². The van der Waals surface area contributed by atoms with E-state index in [1.807, 2.05) is 13.8 Å². The summed E-state index contributed by atoms with van der Waals surface area (Å²) < 4.78 is 11.1. The van der Waals surface area contributed by atoms with Crippen LogP contribution in [0, 0.1) is 5.92 Å². The van der Waals surface area contributed by atoms with Gasteiger partial charge in [-0.1, -0.05) is 20.3 Å². The van der Waals surface area contributed by atoms with Crippen molar-refractivity contribution in [2.75, 3.05) is 6.61 Å². The van der Waals surface area contributed by atoms with Gasteiger partial charge in [-0.25, -0.2) is 9.59 Å². The predicted octanol–water partition coefficient (Wildman–Crippen LogP) is 4.31. The first-order valence-corrected chi connectivity index (χ1v) is 9.40. The number of phenols is 2. The average Bonchev–Trinajstić information content (AvgIpc) is 2.69. The molecule has 0 saturated carbocycles. The van der Waals surface area contributed by atoms with Crippen LogP contribution in [-0.4, -0.2) is 34.9 Å². The highest BCUT2D eigenvalue weighted by Crippen LogP contribution is 2.21. The van der Waals surface area contributed by atoms with Crippen molar-refractivity contribution < 1.29 is 29.3 Å². The minimum Gasteiger partial charge on any atom is -0.508 e. The molecule has 0 heterocycles. The van der Waals surface area contributed by atoms with Gasteiger partial charge < -0.3 is 19.7 Å². The average molecular weight is 386 g/mol. The van der Waals surface area contributed by atoms with E-state index in [2.05, 4.69) is 0 Å². The van der Waals surface area contributed by atoms with Crippen molar-refractivity contribution in [2.45, 2.75) is 39.2 Å². The lowest BCUT2D eigenvalue weighted by Crippen LogP contribution is -2.31. The number of rotatable bonds is 9. The van der Waals surface area contributed by atoms with Crippen molar-refractivity contribution in [2.24, 2.45) is 5.92 Å². The van der Waals surface area contributed by atoms with E-state index in [1.165, 1.54) is 48.5 Å². The molecule has 0 aromatic heterocycles. The van der Waals surface area contributed by atoms with Crippen molar-refractivity contribution in [3.8, 4) is 11.5 Å². The quantitative estimate of drug-likeness (QED) is 0.624. The minimum atomic E-state index is -0.487. The fourth-order valence-electron chi connectivity index (χ4n) is 2.83. The third kappa shape index (κ3) is 6.01. The molecule has 28 heavy (non-hydrogen) atoms. The highest BCUT2D eigenvalue weighted by molar-refractivity contribution is 5.90. The lowest BCUT2D eigenvalue weighted by Gasteiger charge is -2.26. The zero-order chi connectivity index (χ0) is 20.5. The molecule has 150 valence electrons. The molecule has 0 aliphatic carbocycles. The number of aromatic hydroxyl groups is 2. The second-order valence-corrected chi connectivity index (χ2v) is 6.59. The molecule has 2 rings (SSSR count). The van der Waals surface area contributed by atoms with Crippen LogP contribution < -0.4 is 0 Å². The maximum atomic E-state index is 12.4. The van der Waals surface area contributed by atoms with E-state index >= 15 is 0 Å². The maximum absolute atomic E-state index is 12.4. The van der Waals surface area contributed by atoms with Gasteiger partial charge in [0.05, 0.1) is 17.7 Å². The SMILES string of the molecule is CCC[C@@H](OC(=O)c1ccc(O)cc1)[C@H](CC)COC(=O)c1ccc(O)cc1. The van der Waals surface area contributed by atoms with Crippen molar-refractivity contribution in [3.63, 3.8) is 0 Å². The summed E-state index contributed by atoms with van der Waals surface area (Å²) in [7, 11) is 0. The van der Waals surface area contributed by atoms with Gasteiger partial charge in [-0.15, -0.1) is 0 Å². The highest BCUT2D eigenvalue weighted by Gasteiger charge is 2.25. The molecule has 0 saturated heterocycles. The van der Waals surface area contributed by atoms with Gasteiger partial charge in [-0.2, -0.15) is 0 Å². The third-order valence-electron chi connectivity index (χ3n) is 4.52. The van der Waals surface area contributed by atoms with Crippen LogP contribution in [0.5, 0.6) is 11.5 Å². The van der Waals surface area contributed by atoms with Crippen LogP contribution in [0.1, 0.15) is 53.8 Å². The number of ether oxygens (including phenoxy) is 2. The first-order chi connectivity index (χ1) is 13.4. The fraction of sp³-hybridized carbons (Fsp3) is 0.364. The molecular formula is C22H26O6. The normalized spacial score (nSPS) is 12.8. The lowest BCUT2D eigenvalue weighted by atomic mass is 9.96. The van der Waals surface area contributed by atoms with Gasteiger partial charge in [0.15, 0.2) is 0 Å². The molecule has 0 fully saturated rings. The number of hydrogen-bond acceptors (Lipinski definition) is 6. The van der Waals surface area contributed by atoms with Crippen LogP contribution in [0.2, 0.25) is 0 Å². The van der Waals surface area contributed by atoms with Gasteiger partial charge in [0.1, 0.15) is 17.6 Å². The number of esters is 2. The van der Waals surface area contributed by atoms with E-state index in [1.54, 1.807) is 0 Å². The van der Waals surface area contributed by atoms with Crippen molar-refractivity contribution in [1.29, 1.82) is 0 Å². The Balaban J connectivity index is 2.00. The monoisotopic (exact) mass is 386 g/mol. The number of hydrogen-bond donors (Lipinski definition) is 2. The third-order valence-corrected chi connectivity index (χ3v) is 4.52. The van der Waals surface area contributed by atoms with Crippen LogP contribution in [0.15, 0.2) is 48.5 Å². The Hall–Kier alpha value is -3.02. The van der Waals surface area contributed by atoms with Crippen molar-refractivity contribution >= 4 is 11.9 Å². The molecule has 2 aromatic carbocycles. The molecule has 0 aliphatic rings. The number of carbonyl (C=O) groups is 2. The Morgan fingerprint density at radius 3 is 1.82 bits per heavy atom. The van der Waals surface area contributed by atoms with E-state index in [-0.39, 0.29) is 30.1 Å². The second kappa shape index (κ2) is 10.3. The smallest absolute Gasteiger partial charge is 0.338 e. The van der Waals surface area contributed by atoms with Crippen molar-refractivity contribution in [3.05, 3.63) is 59.7 Å². The van der Waals surface area contributed by atoms with Gasteiger partial charge in [0, 0.05) is 5.92 Å². The zero-order valence-electron chi connectivity index (χ0n) is 16.1. The topological polar surface area (TPSA) is 93.1 Å². The molecule has 6 heteroatoms. The van der Waals surface area contributed by atoms with Gasteiger partial charge in [0.25, 0.3) is 0 Å². The minimum absolute atomic E-state index is 0.0761. The van der Waals surface area contributed by atoms with E-state index in [0.29, 0.717) is 24.0 Å². The summed E-state index contributed by atoms with van der Waals surface area (Å²) in [5.74, 6) is -0.941. The van der Waals surface area contributed by atoms with Crippen LogP contribution in [0.25, 0.3) is 0 Å². The first-order valence-electron chi connectivity index (χ1n) is 9.40. The molecule has 6 nitrogen and oxygen atoms in total. The summed E-state index contributed by atoms with van der Waals surface area (Å²) in [6, 6.07) is 11.7. The molecule has 0 aliphatic heterocycles. The summed E-state index contributed by atoms with van der Waals surface area (Å²) >= 11 is 0. The first kappa shape index (κ1) is 21.3. The Labute approximate surface area is 164 Å². The van der Waals surface area contributed by atoms with Crippen LogP contribution in [-0.2, 0) is 9.47 Å². The van der Waals surface area contributed by atoms with Crippen LogP contribution in [0.4, 0.5) is 0 Å². The molecule has 0 radical (unpaired) electrons. The lowest BCUT2D eigenvalue weighted by molar-refractivity contribution is -0.00783. The maximum Gasteiger partial charge on any atom is 0.338 e. The molecule has 0 spiro atoms. The highest BCUT2D eigenvalue weighted by atomic mass is 16.6. The van der Waals surface area contributed by atoms with Gasteiger partial charge in [0.2, 0.25) is 0 Å². The molecule has 0 amide bonds. The number of carbonyl (C=O) groups excluding carboxylic acids is 2. The van der Waals surface area contributed by atoms with Gasteiger partial charge in [-0.05, 0) is 61.4 Å². The molecule has 0 unspecified atom stereocenters. The van der Waals surface area contributed by atoms with Gasteiger partial charge in [-0.3, -0.25) is 0 Å². The summed E-state index contributed by atoms with van der Waals surface area (Å²) in [5.41, 5.74) is 0.704. The summed E-state index contributed by atoms with van der Waals surface area (Å²) in [5, 5.41) is 18.7. The number of phenolic OH excluding ortho intramolecular Hbond substituents is 2. The van der Waals surface area contributed by atoms with E-state index in [4.69, 9.17) is 9.47 Å². The number of benzene rings is 2. The Morgan fingerprint density at radius 2 is 1.36 bits per heavy atom. The molecule has 2 atom stereocenters. The fourth-order valence-corrected chi connectivity index (χ4v) is 2.83. The molecule has 2 N–H and O–H groups in total. The largest absolute Gasteiger partial charge is 0.508 e. The zero-order valence-corrected chi connectivity index (χ0v) is 16.1. The molecular weight excluding hydrogens is 360 g/mol. The predicted molar refractivity (Wildman–Crippen MR) is 104 cm³/mol. The molecule has 2 aromatic rings. The summed E-state index contributed by atoms with van der Waals surface area (Å²) in [6.45, 7) is 4.08. The summed E-state index contributed by atoms with van der Waals surface area (Å²) in [6.07, 6.45) is 1.76. The van der Waals surface area contributed by atoms with E-state index in [0.717, 1.165) is 6.42 Å². The van der Waals surface area contributed by atoms with E-state index in [9.17, 15) is 19.8 Å². The van der Waals surface area contributed by atoms with Crippen LogP contribution >= 0.6 is 0 Å². The second-order valence-electron chi connectivity index (χ2n) is 6.59. The Morgan fingerprint density at radius 1 is 0.857 bits per heavy atom. The van der Waals surface area contributed by atoms with Gasteiger partial charge >= 0.3 is 11.9 Å². The van der Waals surface area contributed by atoms with E-state index < -0.39 is 11.9 Å². The van der Waals surface area contributed by atoms with Crippen molar-refractivity contribution in [1.82, 2.24) is 0 Å². The Bertz CT molecular complexity index is 767. The Kier molecular flexibility index (Phi) is 7.87.